The topological polar surface area (TPSA) is 173 Å². The molecule has 0 saturated carbocycles. The molecule has 118 valence electrons. The van der Waals surface area contributed by atoms with Gasteiger partial charge in [0.15, 0.2) is 0 Å². The van der Waals surface area contributed by atoms with Gasteiger partial charge in [-0.3, -0.25) is 19.3 Å². The number of hydroxylamine groups is 1. The van der Waals surface area contributed by atoms with Crippen LogP contribution in [0, 0.1) is 0 Å². The SMILES string of the molecule is NC(=O)CC[C@H](N)C(=O)NO.O=S(=O)(O)c1ccccc1. The van der Waals surface area contributed by atoms with Crippen LogP contribution in [0.2, 0.25) is 0 Å². The van der Waals surface area contributed by atoms with Crippen LogP contribution in [0.5, 0.6) is 0 Å². The molecule has 7 N–H and O–H groups in total. The standard InChI is InChI=1S/C6H6O3S.C5H11N3O3/c7-10(8,9)6-4-2-1-3-5-6;6-3(5(10)8-11)1-2-4(7)9/h1-5H,(H,7,8,9);3,11H,1-2,6H2,(H2,7,9)(H,8,10)/t;3-/m.0/s1. The number of rotatable bonds is 5. The third kappa shape index (κ3) is 8.70. The molecule has 1 aromatic carbocycles. The fourth-order valence-corrected chi connectivity index (χ4v) is 1.61. The van der Waals surface area contributed by atoms with E-state index in [2.05, 4.69) is 0 Å². The van der Waals surface area contributed by atoms with Gasteiger partial charge in [0, 0.05) is 6.42 Å². The van der Waals surface area contributed by atoms with Crippen molar-refractivity contribution < 1.29 is 27.8 Å². The molecule has 0 heterocycles. The van der Waals surface area contributed by atoms with Gasteiger partial charge in [0.05, 0.1) is 10.9 Å². The normalized spacial score (nSPS) is 11.8. The van der Waals surface area contributed by atoms with Crippen molar-refractivity contribution in [2.24, 2.45) is 11.5 Å². The maximum absolute atomic E-state index is 10.5. The zero-order valence-corrected chi connectivity index (χ0v) is 11.8. The molecule has 1 rings (SSSR count). The van der Waals surface area contributed by atoms with E-state index in [0.29, 0.717) is 0 Å². The van der Waals surface area contributed by atoms with Gasteiger partial charge in [0.2, 0.25) is 5.91 Å². The van der Waals surface area contributed by atoms with Crippen molar-refractivity contribution in [1.29, 1.82) is 0 Å². The van der Waals surface area contributed by atoms with Crippen molar-refractivity contribution in [2.75, 3.05) is 0 Å². The van der Waals surface area contributed by atoms with Gasteiger partial charge in [-0.25, -0.2) is 5.48 Å². The average Bonchev–Trinajstić information content (AvgIpc) is 2.44. The molecule has 0 bridgehead atoms. The molecule has 9 nitrogen and oxygen atoms in total. The van der Waals surface area contributed by atoms with E-state index in [1.54, 1.807) is 18.2 Å². The van der Waals surface area contributed by atoms with Gasteiger partial charge in [-0.2, -0.15) is 8.42 Å². The quantitative estimate of drug-likeness (QED) is 0.263. The molecular weight excluding hydrogens is 302 g/mol. The average molecular weight is 319 g/mol. The summed E-state index contributed by atoms with van der Waals surface area (Å²) in [5.41, 5.74) is 11.4. The van der Waals surface area contributed by atoms with Gasteiger partial charge in [0.1, 0.15) is 0 Å². The number of benzene rings is 1. The van der Waals surface area contributed by atoms with Crippen molar-refractivity contribution >= 4 is 21.9 Å². The van der Waals surface area contributed by atoms with Crippen LogP contribution in [0.3, 0.4) is 0 Å². The fraction of sp³-hybridized carbons (Fsp3) is 0.273. The lowest BCUT2D eigenvalue weighted by molar-refractivity contribution is -0.130. The second-order valence-corrected chi connectivity index (χ2v) is 5.30. The first-order chi connectivity index (χ1) is 9.68. The van der Waals surface area contributed by atoms with Crippen LogP contribution in [0.25, 0.3) is 0 Å². The summed E-state index contributed by atoms with van der Waals surface area (Å²) in [6.45, 7) is 0. The molecule has 0 aliphatic carbocycles. The summed E-state index contributed by atoms with van der Waals surface area (Å²) in [6, 6.07) is 6.54. The second-order valence-electron chi connectivity index (χ2n) is 3.88. The summed E-state index contributed by atoms with van der Waals surface area (Å²) < 4.78 is 29.2. The smallest absolute Gasteiger partial charge is 0.294 e. The minimum Gasteiger partial charge on any atom is -0.370 e. The molecule has 0 aromatic heterocycles. The number of carbonyl (C=O) groups is 2. The Bertz CT molecular complexity index is 561. The van der Waals surface area contributed by atoms with Crippen LogP contribution in [0.15, 0.2) is 35.2 Å². The van der Waals surface area contributed by atoms with Gasteiger partial charge >= 0.3 is 0 Å². The van der Waals surface area contributed by atoms with Crippen molar-refractivity contribution in [1.82, 2.24) is 5.48 Å². The summed E-state index contributed by atoms with van der Waals surface area (Å²) in [6.07, 6.45) is 0.177. The molecule has 0 fully saturated rings. The van der Waals surface area contributed by atoms with E-state index in [4.69, 9.17) is 21.2 Å². The Morgan fingerprint density at radius 2 is 1.76 bits per heavy atom. The predicted molar refractivity (Wildman–Crippen MR) is 72.6 cm³/mol. The predicted octanol–water partition coefficient (Wildman–Crippen LogP) is -0.982. The Balaban J connectivity index is 0.000000382. The van der Waals surface area contributed by atoms with E-state index in [1.807, 2.05) is 0 Å². The number of hydrogen-bond donors (Lipinski definition) is 5. The number of nitrogens with one attached hydrogen (secondary N) is 1. The number of primary amides is 1. The monoisotopic (exact) mass is 319 g/mol. The van der Waals surface area contributed by atoms with E-state index in [0.717, 1.165) is 0 Å². The largest absolute Gasteiger partial charge is 0.370 e. The number of nitrogens with two attached hydrogens (primary N) is 2. The number of amides is 2. The molecule has 0 saturated heterocycles. The Kier molecular flexibility index (Phi) is 8.16. The second kappa shape index (κ2) is 9.02. The van der Waals surface area contributed by atoms with Crippen LogP contribution in [-0.2, 0) is 19.7 Å². The zero-order valence-electron chi connectivity index (χ0n) is 11.0. The highest BCUT2D eigenvalue weighted by molar-refractivity contribution is 7.85. The van der Waals surface area contributed by atoms with Crippen LogP contribution >= 0.6 is 0 Å². The van der Waals surface area contributed by atoms with Gasteiger partial charge in [-0.05, 0) is 18.6 Å². The Morgan fingerprint density at radius 3 is 2.10 bits per heavy atom. The Labute approximate surface area is 121 Å². The first-order valence-electron chi connectivity index (χ1n) is 5.69. The molecule has 0 aliphatic rings. The molecule has 10 heteroatoms. The first-order valence-corrected chi connectivity index (χ1v) is 7.13. The van der Waals surface area contributed by atoms with E-state index in [9.17, 15) is 18.0 Å². The minimum absolute atomic E-state index is 0.0363. The van der Waals surface area contributed by atoms with Gasteiger partial charge in [-0.1, -0.05) is 18.2 Å². The molecule has 21 heavy (non-hydrogen) atoms. The molecule has 0 radical (unpaired) electrons. The van der Waals surface area contributed by atoms with E-state index in [-0.39, 0.29) is 17.7 Å². The maximum atomic E-state index is 10.5. The van der Waals surface area contributed by atoms with Gasteiger partial charge < -0.3 is 11.5 Å². The number of carbonyl (C=O) groups excluding carboxylic acids is 2. The third-order valence-corrected chi connectivity index (χ3v) is 3.06. The van der Waals surface area contributed by atoms with Gasteiger partial charge in [-0.15, -0.1) is 0 Å². The van der Waals surface area contributed by atoms with Crippen LogP contribution in [0.1, 0.15) is 12.8 Å². The molecule has 1 atom stereocenters. The van der Waals surface area contributed by atoms with Crippen molar-refractivity contribution in [3.8, 4) is 0 Å². The Morgan fingerprint density at radius 1 is 1.24 bits per heavy atom. The maximum Gasteiger partial charge on any atom is 0.294 e. The molecular formula is C11H17N3O6S. The highest BCUT2D eigenvalue weighted by Crippen LogP contribution is 2.05. The van der Waals surface area contributed by atoms with Gasteiger partial charge in [0.25, 0.3) is 16.0 Å². The molecule has 0 unspecified atom stereocenters. The van der Waals surface area contributed by atoms with E-state index >= 15 is 0 Å². The van der Waals surface area contributed by atoms with E-state index < -0.39 is 28.0 Å². The summed E-state index contributed by atoms with van der Waals surface area (Å²) in [7, 11) is -4.00. The minimum atomic E-state index is -4.00. The summed E-state index contributed by atoms with van der Waals surface area (Å²) in [4.78, 5) is 20.6. The highest BCUT2D eigenvalue weighted by atomic mass is 32.2. The lowest BCUT2D eigenvalue weighted by Crippen LogP contribution is -2.39. The van der Waals surface area contributed by atoms with Crippen molar-refractivity contribution in [3.63, 3.8) is 0 Å². The first kappa shape index (κ1) is 19.0. The molecule has 0 spiro atoms. The van der Waals surface area contributed by atoms with E-state index in [1.165, 1.54) is 17.6 Å². The molecule has 2 amide bonds. The fourth-order valence-electron chi connectivity index (χ4n) is 1.10. The summed E-state index contributed by atoms with van der Waals surface area (Å²) in [5, 5.41) is 8.07. The van der Waals surface area contributed by atoms with Crippen molar-refractivity contribution in [3.05, 3.63) is 30.3 Å². The summed E-state index contributed by atoms with van der Waals surface area (Å²) in [5.74, 6) is -1.24. The lowest BCUT2D eigenvalue weighted by Gasteiger charge is -2.06. The molecule has 1 aromatic rings. The van der Waals surface area contributed by atoms with Crippen molar-refractivity contribution in [2.45, 2.75) is 23.8 Å². The molecule has 0 aliphatic heterocycles. The van der Waals surface area contributed by atoms with Crippen LogP contribution < -0.4 is 16.9 Å². The number of hydrogen-bond acceptors (Lipinski definition) is 6. The van der Waals surface area contributed by atoms with Crippen LogP contribution in [-0.4, -0.2) is 36.0 Å². The lowest BCUT2D eigenvalue weighted by atomic mass is 10.1. The summed E-state index contributed by atoms with van der Waals surface area (Å²) >= 11 is 0. The third-order valence-electron chi connectivity index (χ3n) is 2.19. The Hall–Kier alpha value is -2.01. The zero-order chi connectivity index (χ0) is 16.5. The highest BCUT2D eigenvalue weighted by Gasteiger charge is 2.12. The van der Waals surface area contributed by atoms with Crippen LogP contribution in [0.4, 0.5) is 0 Å².